The number of benzene rings is 1. The Morgan fingerprint density at radius 3 is 2.62 bits per heavy atom. The number of carbonyl (C=O) groups is 1. The predicted octanol–water partition coefficient (Wildman–Crippen LogP) is 3.55. The number of aldehydes is 1. The molecule has 3 nitrogen and oxygen atoms in total. The van der Waals surface area contributed by atoms with Crippen molar-refractivity contribution < 1.29 is 9.90 Å². The fraction of sp³-hybridized carbons (Fsp3) is 0.222. The van der Waals surface area contributed by atoms with Crippen molar-refractivity contribution >= 4 is 6.29 Å². The molecule has 0 aliphatic heterocycles. The number of rotatable bonds is 2. The number of hydrogen-bond donors (Lipinski definition) is 1. The molecule has 1 aromatic heterocycles. The maximum atomic E-state index is 11.2. The summed E-state index contributed by atoms with van der Waals surface area (Å²) in [5.74, 6) is 2.60. The Bertz CT molecular complexity index is 734. The number of terminal acetylenes is 1. The second kappa shape index (κ2) is 5.41. The van der Waals surface area contributed by atoms with E-state index in [0.717, 1.165) is 5.56 Å². The van der Waals surface area contributed by atoms with Gasteiger partial charge in [0.25, 0.3) is 0 Å². The van der Waals surface area contributed by atoms with Gasteiger partial charge in [0, 0.05) is 17.3 Å². The minimum Gasteiger partial charge on any atom is -0.507 e. The lowest BCUT2D eigenvalue weighted by Gasteiger charge is -2.22. The lowest BCUT2D eigenvalue weighted by Crippen LogP contribution is -2.12. The first-order chi connectivity index (χ1) is 9.88. The summed E-state index contributed by atoms with van der Waals surface area (Å²) in [5.41, 5.74) is 2.65. The molecule has 1 heterocycles. The van der Waals surface area contributed by atoms with Crippen LogP contribution in [0.4, 0.5) is 0 Å². The Morgan fingerprint density at radius 2 is 2.05 bits per heavy atom. The van der Waals surface area contributed by atoms with E-state index in [0.29, 0.717) is 23.1 Å². The number of carbonyl (C=O) groups excluding carboxylic acids is 1. The topological polar surface area (TPSA) is 50.2 Å². The van der Waals surface area contributed by atoms with E-state index < -0.39 is 0 Å². The Labute approximate surface area is 124 Å². The van der Waals surface area contributed by atoms with Crippen molar-refractivity contribution in [3.05, 3.63) is 47.2 Å². The van der Waals surface area contributed by atoms with Gasteiger partial charge in [0.1, 0.15) is 5.75 Å². The van der Waals surface area contributed by atoms with E-state index in [9.17, 15) is 9.90 Å². The van der Waals surface area contributed by atoms with Gasteiger partial charge in [0.05, 0.1) is 16.8 Å². The highest BCUT2D eigenvalue weighted by Crippen LogP contribution is 2.36. The van der Waals surface area contributed by atoms with E-state index in [-0.39, 0.29) is 16.7 Å². The predicted molar refractivity (Wildman–Crippen MR) is 83.4 cm³/mol. The molecule has 0 saturated carbocycles. The summed E-state index contributed by atoms with van der Waals surface area (Å²) < 4.78 is 0. The Hall–Kier alpha value is -2.60. The maximum Gasteiger partial charge on any atom is 0.153 e. The highest BCUT2D eigenvalue weighted by molar-refractivity contribution is 5.84. The van der Waals surface area contributed by atoms with E-state index in [4.69, 9.17) is 6.42 Å². The molecule has 21 heavy (non-hydrogen) atoms. The number of pyridine rings is 1. The maximum absolute atomic E-state index is 11.2. The minimum atomic E-state index is -0.303. The molecule has 0 saturated heterocycles. The van der Waals surface area contributed by atoms with Crippen molar-refractivity contribution in [1.29, 1.82) is 0 Å². The highest BCUT2D eigenvalue weighted by atomic mass is 16.3. The molecule has 0 fully saturated rings. The third-order valence-corrected chi connectivity index (χ3v) is 3.31. The van der Waals surface area contributed by atoms with Crippen LogP contribution >= 0.6 is 0 Å². The number of hydrogen-bond acceptors (Lipinski definition) is 3. The third-order valence-electron chi connectivity index (χ3n) is 3.31. The van der Waals surface area contributed by atoms with Crippen molar-refractivity contribution in [3.63, 3.8) is 0 Å². The zero-order chi connectivity index (χ0) is 15.6. The van der Waals surface area contributed by atoms with Gasteiger partial charge in [-0.2, -0.15) is 0 Å². The van der Waals surface area contributed by atoms with Gasteiger partial charge in [-0.05, 0) is 29.7 Å². The third kappa shape index (κ3) is 2.80. The van der Waals surface area contributed by atoms with Gasteiger partial charge in [-0.25, -0.2) is 0 Å². The van der Waals surface area contributed by atoms with Crippen LogP contribution in [-0.4, -0.2) is 16.4 Å². The van der Waals surface area contributed by atoms with Gasteiger partial charge in [-0.15, -0.1) is 6.42 Å². The van der Waals surface area contributed by atoms with E-state index in [1.54, 1.807) is 24.4 Å². The molecule has 0 unspecified atom stereocenters. The molecule has 0 spiro atoms. The van der Waals surface area contributed by atoms with Gasteiger partial charge in [0.2, 0.25) is 0 Å². The minimum absolute atomic E-state index is 0.0134. The van der Waals surface area contributed by atoms with Gasteiger partial charge >= 0.3 is 0 Å². The Morgan fingerprint density at radius 1 is 1.33 bits per heavy atom. The van der Waals surface area contributed by atoms with E-state index in [1.807, 2.05) is 26.8 Å². The molecule has 0 aliphatic carbocycles. The zero-order valence-electron chi connectivity index (χ0n) is 12.3. The molecule has 0 radical (unpaired) electrons. The molecule has 0 bridgehead atoms. The van der Waals surface area contributed by atoms with Crippen LogP contribution in [0.2, 0.25) is 0 Å². The normalized spacial score (nSPS) is 11.0. The molecule has 0 amide bonds. The zero-order valence-corrected chi connectivity index (χ0v) is 12.3. The average Bonchev–Trinajstić information content (AvgIpc) is 2.46. The van der Waals surface area contributed by atoms with Crippen LogP contribution in [0.1, 0.15) is 42.3 Å². The molecule has 1 N–H and O–H groups in total. The molecule has 2 rings (SSSR count). The first-order valence-electron chi connectivity index (χ1n) is 6.63. The number of nitrogens with zero attached hydrogens (tertiary/aromatic N) is 1. The summed E-state index contributed by atoms with van der Waals surface area (Å²) in [6.07, 6.45) is 7.80. The second-order valence-electron chi connectivity index (χ2n) is 5.87. The standard InChI is InChI=1S/C18H17NO2/c1-5-12-7-6-8-19-16(12)13-9-14(11-20)17(21)15(10-13)18(2,3)4/h1,6-11,21H,2-4H3. The van der Waals surface area contributed by atoms with Crippen molar-refractivity contribution in [3.8, 4) is 29.4 Å². The summed E-state index contributed by atoms with van der Waals surface area (Å²) in [4.78, 5) is 15.5. The molecule has 0 atom stereocenters. The smallest absolute Gasteiger partial charge is 0.153 e. The monoisotopic (exact) mass is 279 g/mol. The Kier molecular flexibility index (Phi) is 3.82. The first-order valence-corrected chi connectivity index (χ1v) is 6.63. The summed E-state index contributed by atoms with van der Waals surface area (Å²) in [5, 5.41) is 10.2. The fourth-order valence-electron chi connectivity index (χ4n) is 2.21. The molecular weight excluding hydrogens is 262 g/mol. The largest absolute Gasteiger partial charge is 0.507 e. The van der Waals surface area contributed by atoms with Crippen molar-refractivity contribution in [1.82, 2.24) is 4.98 Å². The van der Waals surface area contributed by atoms with Crippen LogP contribution in [0, 0.1) is 12.3 Å². The Balaban J connectivity index is 2.77. The van der Waals surface area contributed by atoms with Crippen LogP contribution in [0.5, 0.6) is 5.75 Å². The van der Waals surface area contributed by atoms with Crippen LogP contribution in [-0.2, 0) is 5.41 Å². The van der Waals surface area contributed by atoms with Crippen molar-refractivity contribution in [2.75, 3.05) is 0 Å². The summed E-state index contributed by atoms with van der Waals surface area (Å²) in [6, 6.07) is 7.02. The quantitative estimate of drug-likeness (QED) is 0.675. The fourth-order valence-corrected chi connectivity index (χ4v) is 2.21. The van der Waals surface area contributed by atoms with Crippen LogP contribution in [0.3, 0.4) is 0 Å². The van der Waals surface area contributed by atoms with E-state index in [1.165, 1.54) is 0 Å². The van der Waals surface area contributed by atoms with Crippen LogP contribution in [0.25, 0.3) is 11.3 Å². The van der Waals surface area contributed by atoms with Crippen LogP contribution in [0.15, 0.2) is 30.5 Å². The van der Waals surface area contributed by atoms with Crippen molar-refractivity contribution in [2.45, 2.75) is 26.2 Å². The molecule has 106 valence electrons. The lowest BCUT2D eigenvalue weighted by molar-refractivity contribution is 0.112. The molecule has 0 aliphatic rings. The van der Waals surface area contributed by atoms with Gasteiger partial charge in [0.15, 0.2) is 6.29 Å². The molecule has 3 heteroatoms. The van der Waals surface area contributed by atoms with Gasteiger partial charge in [-0.3, -0.25) is 9.78 Å². The molecule has 1 aromatic carbocycles. The van der Waals surface area contributed by atoms with E-state index in [2.05, 4.69) is 10.9 Å². The number of phenols is 1. The number of aromatic hydroxyl groups is 1. The average molecular weight is 279 g/mol. The summed E-state index contributed by atoms with van der Waals surface area (Å²) in [6.45, 7) is 5.92. The SMILES string of the molecule is C#Cc1cccnc1-c1cc(C=O)c(O)c(C(C)(C)C)c1. The van der Waals surface area contributed by atoms with Crippen LogP contribution < -0.4 is 0 Å². The summed E-state index contributed by atoms with van der Waals surface area (Å²) >= 11 is 0. The second-order valence-corrected chi connectivity index (χ2v) is 5.87. The molecule has 2 aromatic rings. The summed E-state index contributed by atoms with van der Waals surface area (Å²) in [7, 11) is 0. The number of aromatic nitrogens is 1. The van der Waals surface area contributed by atoms with Crippen molar-refractivity contribution in [2.24, 2.45) is 0 Å². The van der Waals surface area contributed by atoms with Gasteiger partial charge < -0.3 is 5.11 Å². The van der Waals surface area contributed by atoms with Gasteiger partial charge in [-0.1, -0.05) is 26.7 Å². The van der Waals surface area contributed by atoms with E-state index >= 15 is 0 Å². The molecular formula is C18H17NO2. The highest BCUT2D eigenvalue weighted by Gasteiger charge is 2.22. The first kappa shape index (κ1) is 14.8. The number of phenolic OH excluding ortho intramolecular Hbond substituents is 1. The lowest BCUT2D eigenvalue weighted by atomic mass is 9.83.